The van der Waals surface area contributed by atoms with Gasteiger partial charge in [-0.1, -0.05) is 11.6 Å². The summed E-state index contributed by atoms with van der Waals surface area (Å²) in [5, 5.41) is 0.542. The molecule has 1 aromatic heterocycles. The first-order chi connectivity index (χ1) is 14.0. The third-order valence-electron chi connectivity index (χ3n) is 4.53. The van der Waals surface area contributed by atoms with Crippen molar-refractivity contribution in [1.29, 1.82) is 0 Å². The molecule has 154 valence electrons. The van der Waals surface area contributed by atoms with Crippen LogP contribution in [0.2, 0.25) is 5.02 Å². The minimum absolute atomic E-state index is 0.0163. The first-order valence-corrected chi connectivity index (χ1v) is 9.85. The number of hydrogen-bond donors (Lipinski definition) is 0. The first kappa shape index (κ1) is 20.9. The SMILES string of the molecule is CCOc1cc(OC2CCN(C(=O)Oc3cncc(C(C)=O)c3)CC2)ccc1Cl. The van der Waals surface area contributed by atoms with Gasteiger partial charge in [0.1, 0.15) is 17.6 Å². The normalized spacial score (nSPS) is 14.4. The van der Waals surface area contributed by atoms with Gasteiger partial charge in [-0.3, -0.25) is 9.78 Å². The number of aromatic nitrogens is 1. The Morgan fingerprint density at radius 3 is 2.62 bits per heavy atom. The fourth-order valence-electron chi connectivity index (χ4n) is 3.00. The molecule has 3 rings (SSSR count). The monoisotopic (exact) mass is 418 g/mol. The Kier molecular flexibility index (Phi) is 6.93. The molecule has 1 fully saturated rings. The molecule has 1 aliphatic heterocycles. The van der Waals surface area contributed by atoms with E-state index in [0.29, 0.717) is 54.6 Å². The summed E-state index contributed by atoms with van der Waals surface area (Å²) >= 11 is 6.10. The van der Waals surface area contributed by atoms with Crippen molar-refractivity contribution < 1.29 is 23.8 Å². The van der Waals surface area contributed by atoms with Crippen LogP contribution in [0.3, 0.4) is 0 Å². The maximum atomic E-state index is 12.4. The summed E-state index contributed by atoms with van der Waals surface area (Å²) in [4.78, 5) is 29.4. The van der Waals surface area contributed by atoms with E-state index in [1.807, 2.05) is 6.92 Å². The maximum Gasteiger partial charge on any atom is 0.415 e. The van der Waals surface area contributed by atoms with Gasteiger partial charge >= 0.3 is 6.09 Å². The van der Waals surface area contributed by atoms with Crippen molar-refractivity contribution in [2.75, 3.05) is 19.7 Å². The van der Waals surface area contributed by atoms with Crippen LogP contribution in [0.1, 0.15) is 37.0 Å². The first-order valence-electron chi connectivity index (χ1n) is 9.48. The Morgan fingerprint density at radius 1 is 1.17 bits per heavy atom. The second-order valence-corrected chi connectivity index (χ2v) is 7.07. The van der Waals surface area contributed by atoms with Crippen molar-refractivity contribution in [3.63, 3.8) is 0 Å². The van der Waals surface area contributed by atoms with Crippen molar-refractivity contribution >= 4 is 23.5 Å². The van der Waals surface area contributed by atoms with E-state index in [1.165, 1.54) is 25.4 Å². The number of Topliss-reactive ketones (excluding diaryl/α,β-unsaturated/α-hetero) is 1. The van der Waals surface area contributed by atoms with Crippen molar-refractivity contribution in [2.24, 2.45) is 0 Å². The number of rotatable bonds is 6. The molecule has 1 aliphatic rings. The van der Waals surface area contributed by atoms with Crippen molar-refractivity contribution in [3.8, 4) is 17.2 Å². The molecule has 0 N–H and O–H groups in total. The van der Waals surface area contributed by atoms with Crippen molar-refractivity contribution in [3.05, 3.63) is 47.2 Å². The van der Waals surface area contributed by atoms with Gasteiger partial charge in [-0.2, -0.15) is 0 Å². The number of piperidine rings is 1. The molecule has 1 saturated heterocycles. The number of pyridine rings is 1. The molecule has 0 aliphatic carbocycles. The smallest absolute Gasteiger partial charge is 0.415 e. The minimum atomic E-state index is -0.462. The van der Waals surface area contributed by atoms with Gasteiger partial charge in [0.25, 0.3) is 0 Å². The zero-order chi connectivity index (χ0) is 20.8. The Balaban J connectivity index is 1.52. The van der Waals surface area contributed by atoms with E-state index in [2.05, 4.69) is 4.98 Å². The lowest BCUT2D eigenvalue weighted by Crippen LogP contribution is -2.43. The largest absolute Gasteiger partial charge is 0.492 e. The van der Waals surface area contributed by atoms with Crippen LogP contribution < -0.4 is 14.2 Å². The molecule has 2 aromatic rings. The summed E-state index contributed by atoms with van der Waals surface area (Å²) in [5.41, 5.74) is 0.400. The molecule has 1 amide bonds. The molecule has 7 nitrogen and oxygen atoms in total. The average Bonchev–Trinajstić information content (AvgIpc) is 2.71. The van der Waals surface area contributed by atoms with Crippen molar-refractivity contribution in [2.45, 2.75) is 32.8 Å². The zero-order valence-corrected chi connectivity index (χ0v) is 17.1. The number of hydrogen-bond acceptors (Lipinski definition) is 6. The predicted octanol–water partition coefficient (Wildman–Crippen LogP) is 4.38. The van der Waals surface area contributed by atoms with Crippen LogP contribution in [0.25, 0.3) is 0 Å². The zero-order valence-electron chi connectivity index (χ0n) is 16.4. The molecule has 0 spiro atoms. The highest BCUT2D eigenvalue weighted by Gasteiger charge is 2.25. The van der Waals surface area contributed by atoms with Gasteiger partial charge in [-0.05, 0) is 32.0 Å². The maximum absolute atomic E-state index is 12.4. The number of carbonyl (C=O) groups excluding carboxylic acids is 2. The summed E-state index contributed by atoms with van der Waals surface area (Å²) in [6, 6.07) is 6.85. The van der Waals surface area contributed by atoms with E-state index in [9.17, 15) is 9.59 Å². The number of carbonyl (C=O) groups is 2. The van der Waals surface area contributed by atoms with Gasteiger partial charge in [-0.25, -0.2) is 4.79 Å². The highest BCUT2D eigenvalue weighted by atomic mass is 35.5. The van der Waals surface area contributed by atoms with Gasteiger partial charge < -0.3 is 19.1 Å². The Morgan fingerprint density at radius 2 is 1.93 bits per heavy atom. The van der Waals surface area contributed by atoms with Gasteiger partial charge in [0, 0.05) is 43.8 Å². The molecule has 0 radical (unpaired) electrons. The van der Waals surface area contributed by atoms with Gasteiger partial charge in [0.05, 0.1) is 17.8 Å². The van der Waals surface area contributed by atoms with Crippen LogP contribution in [-0.4, -0.2) is 47.6 Å². The van der Waals surface area contributed by atoms with E-state index in [1.54, 1.807) is 23.1 Å². The lowest BCUT2D eigenvalue weighted by molar-refractivity contribution is 0.0925. The number of ether oxygens (including phenoxy) is 3. The van der Waals surface area contributed by atoms with E-state index < -0.39 is 6.09 Å². The lowest BCUT2D eigenvalue weighted by atomic mass is 10.1. The lowest BCUT2D eigenvalue weighted by Gasteiger charge is -2.31. The molecule has 0 bridgehead atoms. The third kappa shape index (κ3) is 5.60. The molecule has 8 heteroatoms. The van der Waals surface area contributed by atoms with Gasteiger partial charge in [0.15, 0.2) is 11.5 Å². The quantitative estimate of drug-likeness (QED) is 0.648. The van der Waals surface area contributed by atoms with Crippen LogP contribution in [0.4, 0.5) is 4.79 Å². The standard InChI is InChI=1S/C21H23ClN2O5/c1-3-27-20-11-17(4-5-19(20)22)28-16-6-8-24(9-7-16)21(26)29-18-10-15(14(2)25)12-23-13-18/h4-5,10-13,16H,3,6-9H2,1-2H3. The molecular weight excluding hydrogens is 396 g/mol. The second kappa shape index (κ2) is 9.60. The predicted molar refractivity (Wildman–Crippen MR) is 108 cm³/mol. The van der Waals surface area contributed by atoms with E-state index in [4.69, 9.17) is 25.8 Å². The van der Waals surface area contributed by atoms with Crippen LogP contribution in [0.15, 0.2) is 36.7 Å². The molecule has 2 heterocycles. The summed E-state index contributed by atoms with van der Waals surface area (Å²) in [6.45, 7) is 4.87. The van der Waals surface area contributed by atoms with E-state index in [0.717, 1.165) is 0 Å². The summed E-state index contributed by atoms with van der Waals surface area (Å²) < 4.78 is 16.9. The molecule has 0 saturated carbocycles. The number of nitrogens with zero attached hydrogens (tertiary/aromatic N) is 2. The number of halogens is 1. The minimum Gasteiger partial charge on any atom is -0.492 e. The number of ketones is 1. The fraction of sp³-hybridized carbons (Fsp3) is 0.381. The molecule has 0 unspecified atom stereocenters. The van der Waals surface area contributed by atoms with Gasteiger partial charge in [-0.15, -0.1) is 0 Å². The number of likely N-dealkylation sites (tertiary alicyclic amines) is 1. The Labute approximate surface area is 174 Å². The molecular formula is C21H23ClN2O5. The summed E-state index contributed by atoms with van der Waals surface area (Å²) in [7, 11) is 0. The molecule has 0 atom stereocenters. The van der Waals surface area contributed by atoms with E-state index in [-0.39, 0.29) is 17.6 Å². The van der Waals surface area contributed by atoms with Crippen LogP contribution in [0.5, 0.6) is 17.2 Å². The van der Waals surface area contributed by atoms with Crippen molar-refractivity contribution in [1.82, 2.24) is 9.88 Å². The number of benzene rings is 1. The number of amides is 1. The van der Waals surface area contributed by atoms with E-state index >= 15 is 0 Å². The second-order valence-electron chi connectivity index (χ2n) is 6.66. The highest BCUT2D eigenvalue weighted by molar-refractivity contribution is 6.32. The highest BCUT2D eigenvalue weighted by Crippen LogP contribution is 2.30. The Bertz CT molecular complexity index is 881. The van der Waals surface area contributed by atoms with Crippen LogP contribution in [0, 0.1) is 0 Å². The third-order valence-corrected chi connectivity index (χ3v) is 4.84. The van der Waals surface area contributed by atoms with Gasteiger partial charge in [0.2, 0.25) is 0 Å². The summed E-state index contributed by atoms with van der Waals surface area (Å²) in [5.74, 6) is 1.40. The summed E-state index contributed by atoms with van der Waals surface area (Å²) in [6.07, 6.45) is 3.72. The Hall–Kier alpha value is -2.80. The molecule has 1 aromatic carbocycles. The molecule has 29 heavy (non-hydrogen) atoms. The fourth-order valence-corrected chi connectivity index (χ4v) is 3.18. The average molecular weight is 419 g/mol. The topological polar surface area (TPSA) is 78.0 Å². The van der Waals surface area contributed by atoms with Crippen LogP contribution >= 0.6 is 11.6 Å². The van der Waals surface area contributed by atoms with Crippen LogP contribution in [-0.2, 0) is 0 Å².